The first-order valence-corrected chi connectivity index (χ1v) is 6.66. The van der Waals surface area contributed by atoms with Gasteiger partial charge in [0.1, 0.15) is 0 Å². The fourth-order valence-electron chi connectivity index (χ4n) is 2.27. The number of amides is 1. The first-order chi connectivity index (χ1) is 7.72. The Bertz CT molecular complexity index is 198. The summed E-state index contributed by atoms with van der Waals surface area (Å²) in [5, 5.41) is 6.12. The lowest BCUT2D eigenvalue weighted by atomic mass is 9.96. The zero-order valence-corrected chi connectivity index (χ0v) is 10.7. The first kappa shape index (κ1) is 13.5. The Morgan fingerprint density at radius 3 is 2.44 bits per heavy atom. The lowest BCUT2D eigenvalue weighted by Gasteiger charge is -2.15. The topological polar surface area (TPSA) is 41.1 Å². The van der Waals surface area contributed by atoms with Crippen LogP contribution in [-0.4, -0.2) is 25.5 Å². The van der Waals surface area contributed by atoms with Crippen LogP contribution in [0.4, 0.5) is 0 Å². The van der Waals surface area contributed by atoms with Gasteiger partial charge in [-0.25, -0.2) is 0 Å². The molecule has 0 aliphatic heterocycles. The maximum Gasteiger partial charge on any atom is 0.220 e. The van der Waals surface area contributed by atoms with E-state index < -0.39 is 0 Å². The van der Waals surface area contributed by atoms with Crippen LogP contribution < -0.4 is 10.6 Å². The van der Waals surface area contributed by atoms with Crippen LogP contribution in [-0.2, 0) is 4.79 Å². The Morgan fingerprint density at radius 2 is 1.88 bits per heavy atom. The zero-order valence-electron chi connectivity index (χ0n) is 10.7. The SMILES string of the molecule is CNC(C)CNC(=O)CC1CCCCCC1. The summed E-state index contributed by atoms with van der Waals surface area (Å²) in [4.78, 5) is 11.7. The Morgan fingerprint density at radius 1 is 1.25 bits per heavy atom. The van der Waals surface area contributed by atoms with Crippen molar-refractivity contribution >= 4 is 5.91 Å². The van der Waals surface area contributed by atoms with E-state index in [1.54, 1.807) is 0 Å². The van der Waals surface area contributed by atoms with Gasteiger partial charge in [0, 0.05) is 19.0 Å². The monoisotopic (exact) mass is 226 g/mol. The van der Waals surface area contributed by atoms with Crippen LogP contribution in [0.25, 0.3) is 0 Å². The number of carbonyl (C=O) groups is 1. The molecule has 3 nitrogen and oxygen atoms in total. The van der Waals surface area contributed by atoms with Crippen molar-refractivity contribution in [3.8, 4) is 0 Å². The van der Waals surface area contributed by atoms with Crippen molar-refractivity contribution in [1.29, 1.82) is 0 Å². The number of nitrogens with one attached hydrogen (secondary N) is 2. The molecule has 1 saturated carbocycles. The van der Waals surface area contributed by atoms with Gasteiger partial charge in [0.15, 0.2) is 0 Å². The molecule has 0 radical (unpaired) electrons. The Hall–Kier alpha value is -0.570. The van der Waals surface area contributed by atoms with Gasteiger partial charge in [-0.1, -0.05) is 25.7 Å². The fourth-order valence-corrected chi connectivity index (χ4v) is 2.27. The number of hydrogen-bond acceptors (Lipinski definition) is 2. The first-order valence-electron chi connectivity index (χ1n) is 6.66. The van der Waals surface area contributed by atoms with Crippen molar-refractivity contribution in [2.24, 2.45) is 5.92 Å². The van der Waals surface area contributed by atoms with E-state index >= 15 is 0 Å². The molecule has 0 spiro atoms. The molecular formula is C13H26N2O. The third-order valence-corrected chi connectivity index (χ3v) is 3.55. The molecule has 0 aromatic heterocycles. The number of likely N-dealkylation sites (N-methyl/N-ethyl adjacent to an activating group) is 1. The summed E-state index contributed by atoms with van der Waals surface area (Å²) in [7, 11) is 1.92. The molecule has 3 heteroatoms. The molecule has 0 saturated heterocycles. The van der Waals surface area contributed by atoms with Crippen molar-refractivity contribution in [2.75, 3.05) is 13.6 Å². The summed E-state index contributed by atoms with van der Waals surface area (Å²) >= 11 is 0. The molecule has 1 rings (SSSR count). The molecule has 0 aromatic rings. The predicted octanol–water partition coefficient (Wildman–Crippen LogP) is 2.07. The molecule has 1 aliphatic carbocycles. The normalized spacial score (nSPS) is 20.1. The van der Waals surface area contributed by atoms with Crippen molar-refractivity contribution in [1.82, 2.24) is 10.6 Å². The van der Waals surface area contributed by atoms with E-state index in [1.807, 2.05) is 7.05 Å². The second kappa shape index (κ2) is 7.66. The molecule has 1 fully saturated rings. The summed E-state index contributed by atoms with van der Waals surface area (Å²) < 4.78 is 0. The molecule has 16 heavy (non-hydrogen) atoms. The van der Waals surface area contributed by atoms with Crippen LogP contribution >= 0.6 is 0 Å². The lowest BCUT2D eigenvalue weighted by Crippen LogP contribution is -2.37. The quantitative estimate of drug-likeness (QED) is 0.705. The summed E-state index contributed by atoms with van der Waals surface area (Å²) in [6.45, 7) is 2.81. The van der Waals surface area contributed by atoms with Crippen molar-refractivity contribution in [2.45, 2.75) is 57.9 Å². The molecule has 0 heterocycles. The maximum atomic E-state index is 11.7. The van der Waals surface area contributed by atoms with Gasteiger partial charge in [-0.15, -0.1) is 0 Å². The van der Waals surface area contributed by atoms with Gasteiger partial charge in [-0.2, -0.15) is 0 Å². The minimum atomic E-state index is 0.231. The molecule has 1 atom stereocenters. The minimum absolute atomic E-state index is 0.231. The van der Waals surface area contributed by atoms with Crippen molar-refractivity contribution in [3.05, 3.63) is 0 Å². The summed E-state index contributed by atoms with van der Waals surface area (Å²) in [5.41, 5.74) is 0. The van der Waals surface area contributed by atoms with Crippen molar-refractivity contribution < 1.29 is 4.79 Å². The third-order valence-electron chi connectivity index (χ3n) is 3.55. The average Bonchev–Trinajstić information content (AvgIpc) is 2.54. The van der Waals surface area contributed by atoms with Gasteiger partial charge < -0.3 is 10.6 Å². The Balaban J connectivity index is 2.16. The van der Waals surface area contributed by atoms with Crippen LogP contribution in [0.2, 0.25) is 0 Å². The van der Waals surface area contributed by atoms with E-state index in [9.17, 15) is 4.79 Å². The van der Waals surface area contributed by atoms with Crippen LogP contribution in [0.15, 0.2) is 0 Å². The maximum absolute atomic E-state index is 11.7. The van der Waals surface area contributed by atoms with Gasteiger partial charge in [0.25, 0.3) is 0 Å². The molecule has 0 bridgehead atoms. The van der Waals surface area contributed by atoms with Crippen molar-refractivity contribution in [3.63, 3.8) is 0 Å². The minimum Gasteiger partial charge on any atom is -0.355 e. The summed E-state index contributed by atoms with van der Waals surface area (Å²) in [6, 6.07) is 0.359. The van der Waals surface area contributed by atoms with Crippen LogP contribution in [0.5, 0.6) is 0 Å². The summed E-state index contributed by atoms with van der Waals surface area (Å²) in [6.07, 6.45) is 8.56. The van der Waals surface area contributed by atoms with E-state index in [-0.39, 0.29) is 5.91 Å². The average molecular weight is 226 g/mol. The second-order valence-electron chi connectivity index (χ2n) is 5.06. The van der Waals surface area contributed by atoms with Crippen LogP contribution in [0, 0.1) is 5.92 Å². The highest BCUT2D eigenvalue weighted by Crippen LogP contribution is 2.25. The van der Waals surface area contributed by atoms with Gasteiger partial charge in [0.05, 0.1) is 0 Å². The third kappa shape index (κ3) is 5.50. The summed E-state index contributed by atoms with van der Waals surface area (Å²) in [5.74, 6) is 0.862. The smallest absolute Gasteiger partial charge is 0.220 e. The predicted molar refractivity (Wildman–Crippen MR) is 67.3 cm³/mol. The second-order valence-corrected chi connectivity index (χ2v) is 5.06. The highest BCUT2D eigenvalue weighted by atomic mass is 16.1. The number of rotatable bonds is 5. The van der Waals surface area contributed by atoms with Gasteiger partial charge >= 0.3 is 0 Å². The highest BCUT2D eigenvalue weighted by Gasteiger charge is 2.15. The van der Waals surface area contributed by atoms with Gasteiger partial charge in [-0.3, -0.25) is 4.79 Å². The van der Waals surface area contributed by atoms with E-state index in [0.29, 0.717) is 12.0 Å². The molecular weight excluding hydrogens is 200 g/mol. The number of hydrogen-bond donors (Lipinski definition) is 2. The van der Waals surface area contributed by atoms with Crippen LogP contribution in [0.3, 0.4) is 0 Å². The Labute approximate surface area is 99.4 Å². The van der Waals surface area contributed by atoms with E-state index in [1.165, 1.54) is 38.5 Å². The van der Waals surface area contributed by atoms with E-state index in [4.69, 9.17) is 0 Å². The fraction of sp³-hybridized carbons (Fsp3) is 0.923. The number of carbonyl (C=O) groups excluding carboxylic acids is 1. The molecule has 94 valence electrons. The highest BCUT2D eigenvalue weighted by molar-refractivity contribution is 5.76. The molecule has 1 unspecified atom stereocenters. The zero-order chi connectivity index (χ0) is 11.8. The van der Waals surface area contributed by atoms with Gasteiger partial charge in [0.2, 0.25) is 5.91 Å². The Kier molecular flexibility index (Phi) is 6.46. The van der Waals surface area contributed by atoms with Gasteiger partial charge in [-0.05, 0) is 32.7 Å². The van der Waals surface area contributed by atoms with Crippen LogP contribution in [0.1, 0.15) is 51.9 Å². The molecule has 1 aliphatic rings. The molecule has 2 N–H and O–H groups in total. The van der Waals surface area contributed by atoms with E-state index in [0.717, 1.165) is 13.0 Å². The standard InChI is InChI=1S/C13H26N2O/c1-11(14-2)10-15-13(16)9-12-7-5-3-4-6-8-12/h11-12,14H,3-10H2,1-2H3,(H,15,16). The lowest BCUT2D eigenvalue weighted by molar-refractivity contribution is -0.122. The van der Waals surface area contributed by atoms with E-state index in [2.05, 4.69) is 17.6 Å². The molecule has 1 amide bonds. The largest absolute Gasteiger partial charge is 0.355 e. The molecule has 0 aromatic carbocycles.